The lowest BCUT2D eigenvalue weighted by Gasteiger charge is -2.02. The summed E-state index contributed by atoms with van der Waals surface area (Å²) >= 11 is 0. The third-order valence-corrected chi connectivity index (χ3v) is 2.02. The van der Waals surface area contributed by atoms with Crippen molar-refractivity contribution in [1.29, 1.82) is 0 Å². The molecule has 0 bridgehead atoms. The molecule has 0 saturated heterocycles. The maximum atomic E-state index is 11.0. The third kappa shape index (κ3) is 1.33. The lowest BCUT2D eigenvalue weighted by molar-refractivity contribution is -0.134. The van der Waals surface area contributed by atoms with Crippen molar-refractivity contribution < 1.29 is 9.53 Å². The number of hydrogen-bond donors (Lipinski definition) is 0. The van der Waals surface area contributed by atoms with Crippen LogP contribution in [0, 0.1) is 0 Å². The minimum Gasteiger partial charge on any atom is -0.426 e. The Morgan fingerprint density at radius 1 is 1.17 bits per heavy atom. The fourth-order valence-corrected chi connectivity index (χ4v) is 1.41. The molecular weight excluding hydrogens is 152 g/mol. The molecular formula is C10H10O2. The van der Waals surface area contributed by atoms with Gasteiger partial charge in [-0.15, -0.1) is 0 Å². The van der Waals surface area contributed by atoms with Crippen LogP contribution in [0.25, 0.3) is 0 Å². The van der Waals surface area contributed by atoms with Gasteiger partial charge in [-0.3, -0.25) is 4.79 Å². The van der Waals surface area contributed by atoms with Crippen molar-refractivity contribution in [1.82, 2.24) is 0 Å². The van der Waals surface area contributed by atoms with Gasteiger partial charge in [-0.1, -0.05) is 18.2 Å². The number of rotatable bonds is 0. The quantitative estimate of drug-likeness (QED) is 0.430. The zero-order valence-corrected chi connectivity index (χ0v) is 6.75. The molecule has 0 amide bonds. The largest absolute Gasteiger partial charge is 0.426 e. The molecule has 0 unspecified atom stereocenters. The molecule has 0 aliphatic carbocycles. The van der Waals surface area contributed by atoms with Crippen molar-refractivity contribution in [3.8, 4) is 5.75 Å². The van der Waals surface area contributed by atoms with Crippen LogP contribution in [0.4, 0.5) is 0 Å². The van der Waals surface area contributed by atoms with Crippen LogP contribution in [0.2, 0.25) is 0 Å². The van der Waals surface area contributed by atoms with Gasteiger partial charge in [-0.25, -0.2) is 0 Å². The summed E-state index contributed by atoms with van der Waals surface area (Å²) in [6.45, 7) is 0. The van der Waals surface area contributed by atoms with Gasteiger partial charge in [-0.2, -0.15) is 0 Å². The molecule has 0 N–H and O–H groups in total. The second kappa shape index (κ2) is 2.97. The molecule has 2 heteroatoms. The van der Waals surface area contributed by atoms with E-state index in [9.17, 15) is 4.79 Å². The van der Waals surface area contributed by atoms with E-state index in [-0.39, 0.29) is 5.97 Å². The van der Waals surface area contributed by atoms with Gasteiger partial charge in [0.2, 0.25) is 0 Å². The Balaban J connectivity index is 2.37. The van der Waals surface area contributed by atoms with E-state index in [0.717, 1.165) is 24.2 Å². The van der Waals surface area contributed by atoms with Gasteiger partial charge in [0.05, 0.1) is 0 Å². The van der Waals surface area contributed by atoms with Gasteiger partial charge in [0, 0.05) is 6.42 Å². The minimum absolute atomic E-state index is 0.111. The molecule has 1 aromatic rings. The first-order valence-corrected chi connectivity index (χ1v) is 4.15. The monoisotopic (exact) mass is 162 g/mol. The standard InChI is InChI=1S/C10H10O2/c11-10-7-3-5-8-4-1-2-6-9(8)12-10/h1-2,4,6H,3,5,7H2. The Morgan fingerprint density at radius 2 is 2.00 bits per heavy atom. The van der Waals surface area contributed by atoms with E-state index in [4.69, 9.17) is 4.74 Å². The van der Waals surface area contributed by atoms with E-state index >= 15 is 0 Å². The predicted octanol–water partition coefficient (Wildman–Crippen LogP) is 1.93. The Labute approximate surface area is 71.2 Å². The fraction of sp³-hybridized carbons (Fsp3) is 0.300. The Hall–Kier alpha value is -1.31. The highest BCUT2D eigenvalue weighted by atomic mass is 16.5. The summed E-state index contributed by atoms with van der Waals surface area (Å²) < 4.78 is 5.12. The molecule has 1 aromatic carbocycles. The fourth-order valence-electron chi connectivity index (χ4n) is 1.41. The molecule has 1 heterocycles. The van der Waals surface area contributed by atoms with E-state index in [0.29, 0.717) is 6.42 Å². The van der Waals surface area contributed by atoms with Gasteiger partial charge in [-0.05, 0) is 24.5 Å². The number of ether oxygens (including phenoxy) is 1. The van der Waals surface area contributed by atoms with Gasteiger partial charge in [0.25, 0.3) is 0 Å². The van der Waals surface area contributed by atoms with Crippen LogP contribution in [-0.4, -0.2) is 5.97 Å². The topological polar surface area (TPSA) is 26.3 Å². The molecule has 2 nitrogen and oxygen atoms in total. The van der Waals surface area contributed by atoms with Crippen LogP contribution >= 0.6 is 0 Å². The van der Waals surface area contributed by atoms with Crippen LogP contribution in [0.3, 0.4) is 0 Å². The second-order valence-corrected chi connectivity index (χ2v) is 2.94. The number of para-hydroxylation sites is 1. The normalized spacial score (nSPS) is 16.2. The van der Waals surface area contributed by atoms with Gasteiger partial charge >= 0.3 is 5.97 Å². The third-order valence-electron chi connectivity index (χ3n) is 2.02. The minimum atomic E-state index is -0.111. The Morgan fingerprint density at radius 3 is 2.92 bits per heavy atom. The molecule has 12 heavy (non-hydrogen) atoms. The lowest BCUT2D eigenvalue weighted by atomic mass is 10.1. The molecule has 0 aromatic heterocycles. The van der Waals surface area contributed by atoms with Gasteiger partial charge in [0.1, 0.15) is 5.75 Å². The smallest absolute Gasteiger partial charge is 0.311 e. The molecule has 0 radical (unpaired) electrons. The summed E-state index contributed by atoms with van der Waals surface area (Å²) in [5.74, 6) is 0.625. The van der Waals surface area contributed by atoms with Crippen LogP contribution in [0.1, 0.15) is 18.4 Å². The van der Waals surface area contributed by atoms with Crippen molar-refractivity contribution in [3.63, 3.8) is 0 Å². The zero-order chi connectivity index (χ0) is 8.39. The Kier molecular flexibility index (Phi) is 1.82. The van der Waals surface area contributed by atoms with Crippen LogP contribution < -0.4 is 4.74 Å². The molecule has 1 aliphatic heterocycles. The number of esters is 1. The average Bonchev–Trinajstić information content (AvgIpc) is 2.25. The number of fused-ring (bicyclic) bond motifs is 1. The summed E-state index contributed by atoms with van der Waals surface area (Å²) in [6, 6.07) is 7.71. The van der Waals surface area contributed by atoms with E-state index in [1.54, 1.807) is 0 Å². The molecule has 2 rings (SSSR count). The molecule has 62 valence electrons. The lowest BCUT2D eigenvalue weighted by Crippen LogP contribution is -2.04. The van der Waals surface area contributed by atoms with E-state index < -0.39 is 0 Å². The molecule has 0 saturated carbocycles. The number of aryl methyl sites for hydroxylation is 1. The van der Waals surface area contributed by atoms with Crippen LogP contribution in [-0.2, 0) is 11.2 Å². The first kappa shape index (κ1) is 7.35. The highest BCUT2D eigenvalue weighted by Gasteiger charge is 2.13. The van der Waals surface area contributed by atoms with Crippen molar-refractivity contribution >= 4 is 5.97 Å². The maximum Gasteiger partial charge on any atom is 0.311 e. The van der Waals surface area contributed by atoms with Crippen LogP contribution in [0.5, 0.6) is 5.75 Å². The van der Waals surface area contributed by atoms with Gasteiger partial charge < -0.3 is 4.74 Å². The summed E-state index contributed by atoms with van der Waals surface area (Å²) in [5.41, 5.74) is 1.14. The van der Waals surface area contributed by atoms with E-state index in [1.807, 2.05) is 24.3 Å². The molecule has 0 fully saturated rings. The molecule has 1 aliphatic rings. The predicted molar refractivity (Wildman–Crippen MR) is 45.0 cm³/mol. The highest BCUT2D eigenvalue weighted by molar-refractivity contribution is 5.73. The second-order valence-electron chi connectivity index (χ2n) is 2.94. The number of carbonyl (C=O) groups is 1. The number of benzene rings is 1. The average molecular weight is 162 g/mol. The first-order chi connectivity index (χ1) is 5.86. The van der Waals surface area contributed by atoms with Gasteiger partial charge in [0.15, 0.2) is 0 Å². The van der Waals surface area contributed by atoms with E-state index in [1.165, 1.54) is 0 Å². The Bertz CT molecular complexity index is 304. The molecule has 0 spiro atoms. The maximum absolute atomic E-state index is 11.0. The summed E-state index contributed by atoms with van der Waals surface area (Å²) in [7, 11) is 0. The highest BCUT2D eigenvalue weighted by Crippen LogP contribution is 2.23. The zero-order valence-electron chi connectivity index (χ0n) is 6.75. The van der Waals surface area contributed by atoms with Crippen LogP contribution in [0.15, 0.2) is 24.3 Å². The SMILES string of the molecule is O=C1CCCc2ccccc2O1. The first-order valence-electron chi connectivity index (χ1n) is 4.15. The van der Waals surface area contributed by atoms with Crippen molar-refractivity contribution in [2.45, 2.75) is 19.3 Å². The summed E-state index contributed by atoms with van der Waals surface area (Å²) in [5, 5.41) is 0. The number of hydrogen-bond acceptors (Lipinski definition) is 2. The summed E-state index contributed by atoms with van der Waals surface area (Å²) in [6.07, 6.45) is 2.38. The van der Waals surface area contributed by atoms with Crippen molar-refractivity contribution in [3.05, 3.63) is 29.8 Å². The van der Waals surface area contributed by atoms with Crippen molar-refractivity contribution in [2.24, 2.45) is 0 Å². The number of carbonyl (C=O) groups excluding carboxylic acids is 1. The molecule has 0 atom stereocenters. The van der Waals surface area contributed by atoms with E-state index in [2.05, 4.69) is 0 Å². The summed E-state index contributed by atoms with van der Waals surface area (Å²) in [4.78, 5) is 11.0. The van der Waals surface area contributed by atoms with Crippen molar-refractivity contribution in [2.75, 3.05) is 0 Å².